The maximum atomic E-state index is 12.4. The number of rotatable bonds is 5. The predicted octanol–water partition coefficient (Wildman–Crippen LogP) is 4.70. The van der Waals surface area contributed by atoms with Gasteiger partial charge in [-0.25, -0.2) is 0 Å². The van der Waals surface area contributed by atoms with Gasteiger partial charge < -0.3 is 4.74 Å². The van der Waals surface area contributed by atoms with E-state index in [0.29, 0.717) is 12.0 Å². The van der Waals surface area contributed by atoms with Gasteiger partial charge in [-0.2, -0.15) is 0 Å². The molecule has 23 heavy (non-hydrogen) atoms. The molecule has 0 heterocycles. The molecule has 1 aliphatic rings. The SMILES string of the molecule is CC/C=C/C=C(C)/C=C/C1=C(C)C(=O)C(OC(C)=O)CC1(C)C. The highest BCUT2D eigenvalue weighted by Gasteiger charge is 2.39. The zero-order valence-electron chi connectivity index (χ0n) is 15.1. The maximum absolute atomic E-state index is 12.4. The highest BCUT2D eigenvalue weighted by Crippen LogP contribution is 2.40. The minimum Gasteiger partial charge on any atom is -0.454 e. The van der Waals surface area contributed by atoms with Gasteiger partial charge in [-0.3, -0.25) is 9.59 Å². The van der Waals surface area contributed by atoms with E-state index in [2.05, 4.69) is 32.9 Å². The van der Waals surface area contributed by atoms with Crippen molar-refractivity contribution in [2.45, 2.75) is 60.5 Å². The van der Waals surface area contributed by atoms with E-state index >= 15 is 0 Å². The average Bonchev–Trinajstić information content (AvgIpc) is 2.43. The number of hydrogen-bond acceptors (Lipinski definition) is 3. The number of allylic oxidation sites excluding steroid dienone is 7. The summed E-state index contributed by atoms with van der Waals surface area (Å²) in [6, 6.07) is 0. The third-order valence-electron chi connectivity index (χ3n) is 4.04. The van der Waals surface area contributed by atoms with Crippen molar-refractivity contribution in [3.8, 4) is 0 Å². The smallest absolute Gasteiger partial charge is 0.303 e. The molecular formula is C20H28O3. The van der Waals surface area contributed by atoms with Gasteiger partial charge >= 0.3 is 5.97 Å². The van der Waals surface area contributed by atoms with Crippen LogP contribution in [-0.4, -0.2) is 17.9 Å². The quantitative estimate of drug-likeness (QED) is 0.545. The molecule has 0 fully saturated rings. The molecule has 1 rings (SSSR count). The number of ketones is 1. The van der Waals surface area contributed by atoms with Crippen LogP contribution in [0.5, 0.6) is 0 Å². The Bertz CT molecular complexity index is 586. The first kappa shape index (κ1) is 19.1. The molecule has 0 radical (unpaired) electrons. The predicted molar refractivity (Wildman–Crippen MR) is 94.0 cm³/mol. The summed E-state index contributed by atoms with van der Waals surface area (Å²) in [7, 11) is 0. The van der Waals surface area contributed by atoms with Crippen molar-refractivity contribution in [2.75, 3.05) is 0 Å². The summed E-state index contributed by atoms with van der Waals surface area (Å²) >= 11 is 0. The van der Waals surface area contributed by atoms with Gasteiger partial charge in [0.2, 0.25) is 0 Å². The lowest BCUT2D eigenvalue weighted by atomic mass is 9.71. The van der Waals surface area contributed by atoms with Crippen LogP contribution in [0.3, 0.4) is 0 Å². The van der Waals surface area contributed by atoms with E-state index < -0.39 is 12.1 Å². The van der Waals surface area contributed by atoms with E-state index in [0.717, 1.165) is 17.6 Å². The zero-order valence-corrected chi connectivity index (χ0v) is 15.1. The van der Waals surface area contributed by atoms with E-state index in [-0.39, 0.29) is 11.2 Å². The Morgan fingerprint density at radius 1 is 1.35 bits per heavy atom. The summed E-state index contributed by atoms with van der Waals surface area (Å²) in [6.45, 7) is 11.4. The summed E-state index contributed by atoms with van der Waals surface area (Å²) in [5.74, 6) is -0.501. The van der Waals surface area contributed by atoms with Crippen LogP contribution < -0.4 is 0 Å². The highest BCUT2D eigenvalue weighted by atomic mass is 16.5. The van der Waals surface area contributed by atoms with Crippen molar-refractivity contribution in [2.24, 2.45) is 5.41 Å². The van der Waals surface area contributed by atoms with Gasteiger partial charge in [0, 0.05) is 13.3 Å². The van der Waals surface area contributed by atoms with Crippen molar-refractivity contribution in [1.82, 2.24) is 0 Å². The standard InChI is InChI=1S/C20H28O3/c1-7-8-9-10-14(2)11-12-17-15(3)19(22)18(23-16(4)21)13-20(17,5)6/h8-12,18H,7,13H2,1-6H3/b9-8+,12-11+,14-10+. The van der Waals surface area contributed by atoms with Gasteiger partial charge in [0.1, 0.15) is 0 Å². The van der Waals surface area contributed by atoms with Gasteiger partial charge in [-0.05, 0) is 36.8 Å². The Morgan fingerprint density at radius 3 is 2.57 bits per heavy atom. The van der Waals surface area contributed by atoms with Crippen LogP contribution in [0.4, 0.5) is 0 Å². The molecule has 0 N–H and O–H groups in total. The number of carbonyl (C=O) groups excluding carboxylic acids is 2. The van der Waals surface area contributed by atoms with Crippen LogP contribution in [0.1, 0.15) is 54.4 Å². The second kappa shape index (κ2) is 8.09. The molecule has 0 aromatic carbocycles. The zero-order chi connectivity index (χ0) is 17.6. The lowest BCUT2D eigenvalue weighted by Gasteiger charge is -2.36. The first-order valence-corrected chi connectivity index (χ1v) is 8.13. The Kier molecular flexibility index (Phi) is 6.74. The molecular weight excluding hydrogens is 288 g/mol. The van der Waals surface area contributed by atoms with E-state index in [1.54, 1.807) is 0 Å². The molecule has 0 aromatic heterocycles. The van der Waals surface area contributed by atoms with Crippen LogP contribution in [0.25, 0.3) is 0 Å². The first-order valence-electron chi connectivity index (χ1n) is 8.13. The van der Waals surface area contributed by atoms with Crippen LogP contribution in [0.15, 0.2) is 47.1 Å². The van der Waals surface area contributed by atoms with E-state index in [9.17, 15) is 9.59 Å². The molecule has 0 aromatic rings. The molecule has 0 bridgehead atoms. The lowest BCUT2D eigenvalue weighted by molar-refractivity contribution is -0.153. The van der Waals surface area contributed by atoms with Crippen molar-refractivity contribution < 1.29 is 14.3 Å². The highest BCUT2D eigenvalue weighted by molar-refractivity contribution is 6.01. The molecule has 1 atom stereocenters. The summed E-state index contributed by atoms with van der Waals surface area (Å²) in [5, 5.41) is 0. The summed E-state index contributed by atoms with van der Waals surface area (Å²) in [4.78, 5) is 23.6. The van der Waals surface area contributed by atoms with Crippen LogP contribution in [0, 0.1) is 5.41 Å². The van der Waals surface area contributed by atoms with Crippen LogP contribution >= 0.6 is 0 Å². The molecule has 0 spiro atoms. The van der Waals surface area contributed by atoms with Gasteiger partial charge in [0.05, 0.1) is 0 Å². The van der Waals surface area contributed by atoms with Gasteiger partial charge in [0.25, 0.3) is 0 Å². The van der Waals surface area contributed by atoms with Crippen molar-refractivity contribution in [3.63, 3.8) is 0 Å². The Labute approximate surface area is 139 Å². The molecule has 1 aliphatic carbocycles. The van der Waals surface area contributed by atoms with E-state index in [1.807, 2.05) is 32.1 Å². The second-order valence-electron chi connectivity index (χ2n) is 6.67. The minimum absolute atomic E-state index is 0.0910. The molecule has 3 nitrogen and oxygen atoms in total. The second-order valence-corrected chi connectivity index (χ2v) is 6.67. The van der Waals surface area contributed by atoms with Gasteiger partial charge in [-0.15, -0.1) is 0 Å². The van der Waals surface area contributed by atoms with E-state index in [1.165, 1.54) is 6.92 Å². The van der Waals surface area contributed by atoms with Crippen molar-refractivity contribution in [3.05, 3.63) is 47.1 Å². The fraction of sp³-hybridized carbons (Fsp3) is 0.500. The third kappa shape index (κ3) is 5.34. The first-order chi connectivity index (χ1) is 10.7. The summed E-state index contributed by atoms with van der Waals surface area (Å²) < 4.78 is 5.18. The number of carbonyl (C=O) groups is 2. The van der Waals surface area contributed by atoms with Gasteiger partial charge in [0.15, 0.2) is 11.9 Å². The maximum Gasteiger partial charge on any atom is 0.303 e. The normalized spacial score (nSPS) is 22.3. The summed E-state index contributed by atoms with van der Waals surface area (Å²) in [6.07, 6.45) is 11.1. The number of ether oxygens (including phenoxy) is 1. The third-order valence-corrected chi connectivity index (χ3v) is 4.04. The molecule has 0 saturated carbocycles. The fourth-order valence-electron chi connectivity index (χ4n) is 2.82. The summed E-state index contributed by atoms with van der Waals surface area (Å²) in [5.41, 5.74) is 2.60. The van der Waals surface area contributed by atoms with Crippen LogP contribution in [-0.2, 0) is 14.3 Å². The molecule has 126 valence electrons. The Morgan fingerprint density at radius 2 is 2.00 bits per heavy atom. The number of Topliss-reactive ketones (excluding diaryl/α,β-unsaturated/α-hetero) is 1. The van der Waals surface area contributed by atoms with Crippen molar-refractivity contribution >= 4 is 11.8 Å². The fourth-order valence-corrected chi connectivity index (χ4v) is 2.82. The molecule has 0 saturated heterocycles. The lowest BCUT2D eigenvalue weighted by Crippen LogP contribution is -2.38. The van der Waals surface area contributed by atoms with E-state index in [4.69, 9.17) is 4.74 Å². The monoisotopic (exact) mass is 316 g/mol. The Balaban J connectivity index is 3.06. The number of esters is 1. The largest absolute Gasteiger partial charge is 0.454 e. The molecule has 0 aliphatic heterocycles. The minimum atomic E-state index is -0.663. The molecule has 0 amide bonds. The average molecular weight is 316 g/mol. The van der Waals surface area contributed by atoms with Gasteiger partial charge in [-0.1, -0.05) is 56.7 Å². The molecule has 3 heteroatoms. The number of hydrogen-bond donors (Lipinski definition) is 0. The Hall–Kier alpha value is -1.90. The molecule has 1 unspecified atom stereocenters. The van der Waals surface area contributed by atoms with Crippen LogP contribution in [0.2, 0.25) is 0 Å². The van der Waals surface area contributed by atoms with Crippen molar-refractivity contribution in [1.29, 1.82) is 0 Å². The topological polar surface area (TPSA) is 43.4 Å².